The Bertz CT molecular complexity index is 422. The Morgan fingerprint density at radius 2 is 1.62 bits per heavy atom. The summed E-state index contributed by atoms with van der Waals surface area (Å²) in [6.45, 7) is 6.48. The van der Waals surface area contributed by atoms with Crippen molar-refractivity contribution in [3.63, 3.8) is 0 Å². The number of hydrogen-bond acceptors (Lipinski definition) is 5. The topological polar surface area (TPSA) is 49.0 Å². The van der Waals surface area contributed by atoms with E-state index in [4.69, 9.17) is 18.9 Å². The van der Waals surface area contributed by atoms with Crippen molar-refractivity contribution in [2.45, 2.75) is 26.7 Å². The second kappa shape index (κ2) is 10.00. The molecule has 120 valence electrons. The summed E-state index contributed by atoms with van der Waals surface area (Å²) >= 11 is 3.54. The molecule has 6 heteroatoms. The molecule has 1 N–H and O–H groups in total. The minimum absolute atomic E-state index is 0.223. The zero-order valence-corrected chi connectivity index (χ0v) is 14.7. The van der Waals surface area contributed by atoms with Crippen LogP contribution in [0.3, 0.4) is 0 Å². The van der Waals surface area contributed by atoms with Crippen LogP contribution < -0.4 is 14.8 Å². The van der Waals surface area contributed by atoms with Gasteiger partial charge in [0.15, 0.2) is 17.8 Å². The lowest BCUT2D eigenvalue weighted by atomic mass is 10.2. The van der Waals surface area contributed by atoms with Crippen LogP contribution in [0.2, 0.25) is 0 Å². The third kappa shape index (κ3) is 5.82. The number of methoxy groups -OCH3 is 2. The zero-order chi connectivity index (χ0) is 15.7. The quantitative estimate of drug-likeness (QED) is 0.649. The monoisotopic (exact) mass is 361 g/mol. The van der Waals surface area contributed by atoms with E-state index < -0.39 is 0 Å². The fourth-order valence-corrected chi connectivity index (χ4v) is 2.36. The first-order valence-corrected chi connectivity index (χ1v) is 7.79. The van der Waals surface area contributed by atoms with Gasteiger partial charge >= 0.3 is 0 Å². The molecule has 0 radical (unpaired) electrons. The summed E-state index contributed by atoms with van der Waals surface area (Å²) in [6, 6.07) is 3.85. The smallest absolute Gasteiger partial charge is 0.169 e. The van der Waals surface area contributed by atoms with Gasteiger partial charge in [0, 0.05) is 30.8 Å². The summed E-state index contributed by atoms with van der Waals surface area (Å²) in [5, 5.41) is 3.32. The Kier molecular flexibility index (Phi) is 8.68. The van der Waals surface area contributed by atoms with Gasteiger partial charge in [0.25, 0.3) is 0 Å². The van der Waals surface area contributed by atoms with Gasteiger partial charge in [-0.2, -0.15) is 0 Å². The molecule has 0 unspecified atom stereocenters. The minimum Gasteiger partial charge on any atom is -0.493 e. The highest BCUT2D eigenvalue weighted by Crippen LogP contribution is 2.33. The molecule has 0 amide bonds. The van der Waals surface area contributed by atoms with Crippen LogP contribution in [0, 0.1) is 0 Å². The molecular weight excluding hydrogens is 338 g/mol. The molecule has 0 heterocycles. The van der Waals surface area contributed by atoms with Crippen LogP contribution in [0.5, 0.6) is 11.5 Å². The molecule has 0 aromatic heterocycles. The maximum Gasteiger partial charge on any atom is 0.169 e. The lowest BCUT2D eigenvalue weighted by Crippen LogP contribution is -2.31. The van der Waals surface area contributed by atoms with Crippen molar-refractivity contribution >= 4 is 15.9 Å². The highest BCUT2D eigenvalue weighted by molar-refractivity contribution is 9.10. The standard InChI is InChI=1S/C15H24BrNO4/c1-5-20-15(21-6-2)10-17-9-11-7-13(18-3)14(19-4)8-12(11)16/h7-8,15,17H,5-6,9-10H2,1-4H3. The Morgan fingerprint density at radius 3 is 2.14 bits per heavy atom. The van der Waals surface area contributed by atoms with Gasteiger partial charge in [-0.15, -0.1) is 0 Å². The maximum atomic E-state index is 5.49. The molecule has 0 aliphatic rings. The first kappa shape index (κ1) is 18.2. The van der Waals surface area contributed by atoms with E-state index in [0.717, 1.165) is 10.0 Å². The molecule has 1 aromatic rings. The van der Waals surface area contributed by atoms with Crippen LogP contribution in [0.25, 0.3) is 0 Å². The molecule has 5 nitrogen and oxygen atoms in total. The van der Waals surface area contributed by atoms with Crippen molar-refractivity contribution in [3.05, 3.63) is 22.2 Å². The predicted octanol–water partition coefficient (Wildman–Crippen LogP) is 2.96. The summed E-state index contributed by atoms with van der Waals surface area (Å²) in [5.41, 5.74) is 1.08. The molecule has 1 rings (SSSR count). The maximum absolute atomic E-state index is 5.49. The number of nitrogens with one attached hydrogen (secondary N) is 1. The van der Waals surface area contributed by atoms with Gasteiger partial charge in [0.05, 0.1) is 14.2 Å². The summed E-state index contributed by atoms with van der Waals surface area (Å²) < 4.78 is 22.5. The lowest BCUT2D eigenvalue weighted by molar-refractivity contribution is -0.133. The second-order valence-corrected chi connectivity index (χ2v) is 5.12. The summed E-state index contributed by atoms with van der Waals surface area (Å²) in [7, 11) is 3.25. The summed E-state index contributed by atoms with van der Waals surface area (Å²) in [6.07, 6.45) is -0.223. The normalized spacial score (nSPS) is 11.0. The van der Waals surface area contributed by atoms with Crippen LogP contribution in [-0.4, -0.2) is 40.3 Å². The number of benzene rings is 1. The first-order chi connectivity index (χ1) is 10.2. The average Bonchev–Trinajstić information content (AvgIpc) is 2.48. The van der Waals surface area contributed by atoms with Crippen LogP contribution in [-0.2, 0) is 16.0 Å². The highest BCUT2D eigenvalue weighted by atomic mass is 79.9. The molecule has 0 saturated heterocycles. The van der Waals surface area contributed by atoms with Crippen molar-refractivity contribution in [1.29, 1.82) is 0 Å². The summed E-state index contributed by atoms with van der Waals surface area (Å²) in [4.78, 5) is 0. The first-order valence-electron chi connectivity index (χ1n) is 7.00. The van der Waals surface area contributed by atoms with Crippen molar-refractivity contribution in [2.24, 2.45) is 0 Å². The highest BCUT2D eigenvalue weighted by Gasteiger charge is 2.11. The molecule has 0 saturated carbocycles. The van der Waals surface area contributed by atoms with E-state index in [2.05, 4.69) is 21.2 Å². The van der Waals surface area contributed by atoms with Crippen molar-refractivity contribution in [3.8, 4) is 11.5 Å². The van der Waals surface area contributed by atoms with E-state index in [-0.39, 0.29) is 6.29 Å². The molecule has 1 aromatic carbocycles. The van der Waals surface area contributed by atoms with Gasteiger partial charge in [0.1, 0.15) is 0 Å². The lowest BCUT2D eigenvalue weighted by Gasteiger charge is -2.18. The third-order valence-corrected chi connectivity index (χ3v) is 3.62. The van der Waals surface area contributed by atoms with Crippen molar-refractivity contribution < 1.29 is 18.9 Å². The number of rotatable bonds is 10. The molecule has 0 atom stereocenters. The molecule has 0 aliphatic carbocycles. The molecular formula is C15H24BrNO4. The SMILES string of the molecule is CCOC(CNCc1cc(OC)c(OC)cc1Br)OCC. The van der Waals surface area contributed by atoms with E-state index in [1.165, 1.54) is 0 Å². The third-order valence-electron chi connectivity index (χ3n) is 2.88. The van der Waals surface area contributed by atoms with Crippen LogP contribution in [0.1, 0.15) is 19.4 Å². The molecule has 0 aliphatic heterocycles. The van der Waals surface area contributed by atoms with Gasteiger partial charge in [-0.25, -0.2) is 0 Å². The Hall–Kier alpha value is -0.820. The zero-order valence-electron chi connectivity index (χ0n) is 13.1. The van der Waals surface area contributed by atoms with E-state index in [1.807, 2.05) is 26.0 Å². The van der Waals surface area contributed by atoms with E-state index >= 15 is 0 Å². The fraction of sp³-hybridized carbons (Fsp3) is 0.600. The minimum atomic E-state index is -0.223. The molecule has 0 spiro atoms. The van der Waals surface area contributed by atoms with Crippen LogP contribution >= 0.6 is 15.9 Å². The van der Waals surface area contributed by atoms with Gasteiger partial charge < -0.3 is 24.3 Å². The van der Waals surface area contributed by atoms with Crippen molar-refractivity contribution in [2.75, 3.05) is 34.0 Å². The van der Waals surface area contributed by atoms with Gasteiger partial charge in [0.2, 0.25) is 0 Å². The molecule has 0 bridgehead atoms. The Labute approximate surface area is 135 Å². The average molecular weight is 362 g/mol. The fourth-order valence-electron chi connectivity index (χ4n) is 1.89. The molecule has 0 fully saturated rings. The second-order valence-electron chi connectivity index (χ2n) is 4.27. The number of ether oxygens (including phenoxy) is 4. The predicted molar refractivity (Wildman–Crippen MR) is 86.0 cm³/mol. The number of halogens is 1. The molecule has 21 heavy (non-hydrogen) atoms. The van der Waals surface area contributed by atoms with Crippen molar-refractivity contribution in [1.82, 2.24) is 5.32 Å². The largest absolute Gasteiger partial charge is 0.493 e. The Balaban J connectivity index is 2.62. The Morgan fingerprint density at radius 1 is 1.05 bits per heavy atom. The van der Waals surface area contributed by atoms with Gasteiger partial charge in [-0.05, 0) is 31.5 Å². The van der Waals surface area contributed by atoms with Gasteiger partial charge in [-0.1, -0.05) is 15.9 Å². The van der Waals surface area contributed by atoms with Crippen LogP contribution in [0.4, 0.5) is 0 Å². The van der Waals surface area contributed by atoms with E-state index in [0.29, 0.717) is 37.8 Å². The number of hydrogen-bond donors (Lipinski definition) is 1. The van der Waals surface area contributed by atoms with E-state index in [9.17, 15) is 0 Å². The van der Waals surface area contributed by atoms with E-state index in [1.54, 1.807) is 14.2 Å². The summed E-state index contributed by atoms with van der Waals surface area (Å²) in [5.74, 6) is 1.42. The van der Waals surface area contributed by atoms with Gasteiger partial charge in [-0.3, -0.25) is 0 Å². The van der Waals surface area contributed by atoms with Crippen LogP contribution in [0.15, 0.2) is 16.6 Å².